The van der Waals surface area contributed by atoms with Crippen LogP contribution in [0.5, 0.6) is 5.75 Å². The van der Waals surface area contributed by atoms with E-state index >= 15 is 0 Å². The molecule has 0 aliphatic rings. The average Bonchev–Trinajstić information content (AvgIpc) is 2.40. The smallest absolute Gasteiger partial charge is 0.140 e. The molecule has 2 nitrogen and oxygen atoms in total. The molecule has 0 aliphatic carbocycles. The fourth-order valence-electron chi connectivity index (χ4n) is 2.00. The normalized spacial score (nSPS) is 13.8. The van der Waals surface area contributed by atoms with Crippen LogP contribution in [-0.2, 0) is 0 Å². The van der Waals surface area contributed by atoms with Gasteiger partial charge in [-0.3, -0.25) is 0 Å². The van der Waals surface area contributed by atoms with Gasteiger partial charge in [-0.1, -0.05) is 51.8 Å². The minimum absolute atomic E-state index is 0.162. The van der Waals surface area contributed by atoms with Crippen LogP contribution < -0.4 is 10.5 Å². The lowest BCUT2D eigenvalue weighted by molar-refractivity contribution is 0.180. The monoisotopic (exact) mass is 353 g/mol. The fraction of sp³-hybridized carbons (Fsp3) is 0.250. The Labute approximate surface area is 133 Å². The van der Waals surface area contributed by atoms with Crippen molar-refractivity contribution in [2.24, 2.45) is 5.73 Å². The van der Waals surface area contributed by atoms with E-state index in [1.165, 1.54) is 0 Å². The molecule has 0 amide bonds. The zero-order chi connectivity index (χ0) is 14.7. The highest BCUT2D eigenvalue weighted by molar-refractivity contribution is 9.10. The molecule has 0 aromatic heterocycles. The predicted octanol–water partition coefficient (Wildman–Crippen LogP) is 4.88. The van der Waals surface area contributed by atoms with E-state index in [0.717, 1.165) is 15.6 Å². The molecular formula is C16H17BrClNO. The van der Waals surface area contributed by atoms with Crippen molar-refractivity contribution in [3.8, 4) is 5.75 Å². The van der Waals surface area contributed by atoms with Crippen molar-refractivity contribution in [2.45, 2.75) is 26.0 Å². The van der Waals surface area contributed by atoms with E-state index in [1.54, 1.807) is 0 Å². The molecule has 0 saturated carbocycles. The molecule has 0 saturated heterocycles. The van der Waals surface area contributed by atoms with Gasteiger partial charge in [0.05, 0.1) is 5.02 Å². The Hall–Kier alpha value is -1.03. The molecule has 2 aromatic rings. The molecule has 0 spiro atoms. The molecule has 106 valence electrons. The maximum absolute atomic E-state index is 6.19. The summed E-state index contributed by atoms with van der Waals surface area (Å²) in [6, 6.07) is 13.5. The number of ether oxygens (including phenoxy) is 1. The van der Waals surface area contributed by atoms with E-state index in [2.05, 4.69) is 15.9 Å². The summed E-state index contributed by atoms with van der Waals surface area (Å²) >= 11 is 9.74. The summed E-state index contributed by atoms with van der Waals surface area (Å²) in [4.78, 5) is 0. The second-order valence-corrected chi connectivity index (χ2v) is 6.11. The first kappa shape index (κ1) is 15.4. The van der Waals surface area contributed by atoms with E-state index in [-0.39, 0.29) is 12.1 Å². The third-order valence-electron chi connectivity index (χ3n) is 3.03. The quantitative estimate of drug-likeness (QED) is 0.849. The molecule has 20 heavy (non-hydrogen) atoms. The van der Waals surface area contributed by atoms with E-state index in [1.807, 2.05) is 56.3 Å². The molecule has 2 unspecified atom stereocenters. The van der Waals surface area contributed by atoms with Gasteiger partial charge in [0.15, 0.2) is 0 Å². The van der Waals surface area contributed by atoms with Crippen molar-refractivity contribution in [3.05, 3.63) is 63.1 Å². The Balaban J connectivity index is 2.36. The van der Waals surface area contributed by atoms with Gasteiger partial charge >= 0.3 is 0 Å². The molecule has 0 heterocycles. The minimum atomic E-state index is -0.259. The highest BCUT2D eigenvalue weighted by Gasteiger charge is 2.21. The highest BCUT2D eigenvalue weighted by Crippen LogP contribution is 2.33. The SMILES string of the molecule is Cc1ccc(Cl)c(OC(c2ccccc2Br)C(C)N)c1. The third-order valence-corrected chi connectivity index (χ3v) is 4.06. The molecule has 2 aromatic carbocycles. The van der Waals surface area contributed by atoms with Gasteiger partial charge in [0.1, 0.15) is 11.9 Å². The van der Waals surface area contributed by atoms with E-state index in [4.69, 9.17) is 22.1 Å². The van der Waals surface area contributed by atoms with E-state index in [0.29, 0.717) is 10.8 Å². The lowest BCUT2D eigenvalue weighted by Gasteiger charge is -2.24. The summed E-state index contributed by atoms with van der Waals surface area (Å²) in [6.45, 7) is 3.93. The van der Waals surface area contributed by atoms with Crippen LogP contribution in [-0.4, -0.2) is 6.04 Å². The maximum atomic E-state index is 6.19. The Bertz CT molecular complexity index is 601. The van der Waals surface area contributed by atoms with Crippen LogP contribution in [0.4, 0.5) is 0 Å². The van der Waals surface area contributed by atoms with Crippen molar-refractivity contribution in [1.29, 1.82) is 0 Å². The molecule has 2 rings (SSSR count). The number of halogens is 2. The van der Waals surface area contributed by atoms with E-state index in [9.17, 15) is 0 Å². The number of rotatable bonds is 4. The summed E-state index contributed by atoms with van der Waals surface area (Å²) in [5.74, 6) is 0.657. The van der Waals surface area contributed by atoms with Crippen molar-refractivity contribution >= 4 is 27.5 Å². The second kappa shape index (κ2) is 6.61. The maximum Gasteiger partial charge on any atom is 0.140 e. The molecule has 0 fully saturated rings. The van der Waals surface area contributed by atoms with Gasteiger partial charge in [-0.2, -0.15) is 0 Å². The van der Waals surface area contributed by atoms with Gasteiger partial charge in [0, 0.05) is 16.1 Å². The van der Waals surface area contributed by atoms with Gasteiger partial charge in [-0.25, -0.2) is 0 Å². The zero-order valence-electron chi connectivity index (χ0n) is 11.4. The molecular weight excluding hydrogens is 338 g/mol. The van der Waals surface area contributed by atoms with Gasteiger partial charge in [0.2, 0.25) is 0 Å². The summed E-state index contributed by atoms with van der Waals surface area (Å²) in [5, 5.41) is 0.591. The molecule has 0 radical (unpaired) electrons. The molecule has 2 N–H and O–H groups in total. The van der Waals surface area contributed by atoms with Crippen LogP contribution in [0.25, 0.3) is 0 Å². The molecule has 4 heteroatoms. The van der Waals surface area contributed by atoms with Crippen molar-refractivity contribution in [2.75, 3.05) is 0 Å². The summed E-state index contributed by atoms with van der Waals surface area (Å²) in [5.41, 5.74) is 8.20. The lowest BCUT2D eigenvalue weighted by Crippen LogP contribution is -2.29. The predicted molar refractivity (Wildman–Crippen MR) is 87.3 cm³/mol. The summed E-state index contributed by atoms with van der Waals surface area (Å²) < 4.78 is 7.05. The summed E-state index contributed by atoms with van der Waals surface area (Å²) in [7, 11) is 0. The van der Waals surface area contributed by atoms with Crippen LogP contribution in [0.3, 0.4) is 0 Å². The summed E-state index contributed by atoms with van der Waals surface area (Å²) in [6.07, 6.45) is -0.259. The lowest BCUT2D eigenvalue weighted by atomic mass is 10.0. The van der Waals surface area contributed by atoms with Crippen LogP contribution in [0, 0.1) is 6.92 Å². The van der Waals surface area contributed by atoms with Gasteiger partial charge in [0.25, 0.3) is 0 Å². The van der Waals surface area contributed by atoms with Crippen molar-refractivity contribution < 1.29 is 4.74 Å². The largest absolute Gasteiger partial charge is 0.483 e. The number of benzene rings is 2. The van der Waals surface area contributed by atoms with E-state index < -0.39 is 0 Å². The number of hydrogen-bond donors (Lipinski definition) is 1. The second-order valence-electron chi connectivity index (χ2n) is 4.85. The number of aryl methyl sites for hydroxylation is 1. The highest BCUT2D eigenvalue weighted by atomic mass is 79.9. The fourth-order valence-corrected chi connectivity index (χ4v) is 2.67. The van der Waals surface area contributed by atoms with Crippen LogP contribution in [0.1, 0.15) is 24.2 Å². The Morgan fingerprint density at radius 3 is 2.55 bits per heavy atom. The van der Waals surface area contributed by atoms with Gasteiger partial charge in [-0.15, -0.1) is 0 Å². The van der Waals surface area contributed by atoms with Gasteiger partial charge in [-0.05, 0) is 37.6 Å². The Morgan fingerprint density at radius 1 is 1.20 bits per heavy atom. The minimum Gasteiger partial charge on any atom is -0.483 e. The Kier molecular flexibility index (Phi) is 5.08. The van der Waals surface area contributed by atoms with Crippen molar-refractivity contribution in [1.82, 2.24) is 0 Å². The first-order valence-electron chi connectivity index (χ1n) is 6.42. The number of hydrogen-bond acceptors (Lipinski definition) is 2. The average molecular weight is 355 g/mol. The van der Waals surface area contributed by atoms with Crippen LogP contribution in [0.2, 0.25) is 5.02 Å². The van der Waals surface area contributed by atoms with Crippen molar-refractivity contribution in [3.63, 3.8) is 0 Å². The molecule has 2 atom stereocenters. The Morgan fingerprint density at radius 2 is 1.90 bits per heavy atom. The standard InChI is InChI=1S/C16H17BrClNO/c1-10-7-8-14(18)15(9-10)20-16(11(2)19)12-5-3-4-6-13(12)17/h3-9,11,16H,19H2,1-2H3. The first-order valence-corrected chi connectivity index (χ1v) is 7.59. The molecule has 0 bridgehead atoms. The van der Waals surface area contributed by atoms with Gasteiger partial charge < -0.3 is 10.5 Å². The van der Waals surface area contributed by atoms with Crippen LogP contribution in [0.15, 0.2) is 46.9 Å². The zero-order valence-corrected chi connectivity index (χ0v) is 13.8. The number of nitrogens with two attached hydrogens (primary N) is 1. The molecule has 0 aliphatic heterocycles. The first-order chi connectivity index (χ1) is 9.49. The van der Waals surface area contributed by atoms with Crippen LogP contribution >= 0.6 is 27.5 Å². The topological polar surface area (TPSA) is 35.2 Å². The third kappa shape index (κ3) is 3.54.